The molecule has 136 valence electrons. The summed E-state index contributed by atoms with van der Waals surface area (Å²) >= 11 is 6.31. The van der Waals surface area contributed by atoms with Crippen molar-refractivity contribution in [2.75, 3.05) is 4.90 Å². The van der Waals surface area contributed by atoms with Gasteiger partial charge in [0.05, 0.1) is 12.1 Å². The molecule has 3 amide bonds. The number of rotatable bonds is 3. The number of halogens is 1. The largest absolute Gasteiger partial charge is 0.332 e. The number of nitrogens with zero attached hydrogens (tertiary/aromatic N) is 3. The lowest BCUT2D eigenvalue weighted by molar-refractivity contribution is -0.127. The van der Waals surface area contributed by atoms with Crippen LogP contribution in [0.25, 0.3) is 10.9 Å². The number of amides is 3. The molecule has 1 aromatic heterocycles. The second-order valence-corrected chi connectivity index (χ2v) is 7.08. The standard InChI is InChI=1S/C21H18ClN3O2/c1-13-7-9-17(10-8-13)25-14(2)20(26)24(21(25)27)12-16-11-15-5-3-4-6-18(15)23-19(16)22/h3-11,14H,12H2,1-2H3/t14-/m1/s1. The Morgan fingerprint density at radius 1 is 1.07 bits per heavy atom. The molecule has 3 aromatic rings. The molecule has 0 N–H and O–H groups in total. The second-order valence-electron chi connectivity index (χ2n) is 6.72. The molecule has 6 heteroatoms. The summed E-state index contributed by atoms with van der Waals surface area (Å²) in [7, 11) is 0. The summed E-state index contributed by atoms with van der Waals surface area (Å²) < 4.78 is 0. The van der Waals surface area contributed by atoms with E-state index in [4.69, 9.17) is 11.6 Å². The van der Waals surface area contributed by atoms with Crippen LogP contribution < -0.4 is 4.90 Å². The van der Waals surface area contributed by atoms with Gasteiger partial charge in [-0.05, 0) is 38.1 Å². The minimum absolute atomic E-state index is 0.0982. The Labute approximate surface area is 162 Å². The summed E-state index contributed by atoms with van der Waals surface area (Å²) in [5.41, 5.74) is 3.22. The number of pyridine rings is 1. The van der Waals surface area contributed by atoms with Gasteiger partial charge in [-0.25, -0.2) is 9.78 Å². The van der Waals surface area contributed by atoms with Gasteiger partial charge in [0.2, 0.25) is 0 Å². The maximum absolute atomic E-state index is 13.0. The maximum atomic E-state index is 13.0. The van der Waals surface area contributed by atoms with E-state index in [1.54, 1.807) is 6.92 Å². The third-order valence-corrected chi connectivity index (χ3v) is 5.17. The van der Waals surface area contributed by atoms with Crippen LogP contribution in [-0.4, -0.2) is 27.9 Å². The molecule has 27 heavy (non-hydrogen) atoms. The van der Waals surface area contributed by atoms with Gasteiger partial charge in [-0.1, -0.05) is 47.5 Å². The van der Waals surface area contributed by atoms with Gasteiger partial charge in [0.25, 0.3) is 5.91 Å². The van der Waals surface area contributed by atoms with Crippen LogP contribution in [0.15, 0.2) is 54.6 Å². The van der Waals surface area contributed by atoms with E-state index in [-0.39, 0.29) is 18.5 Å². The molecule has 1 saturated heterocycles. The number of benzene rings is 2. The molecule has 1 atom stereocenters. The zero-order chi connectivity index (χ0) is 19.1. The summed E-state index contributed by atoms with van der Waals surface area (Å²) in [4.78, 5) is 32.8. The van der Waals surface area contributed by atoms with Gasteiger partial charge in [-0.15, -0.1) is 0 Å². The van der Waals surface area contributed by atoms with Gasteiger partial charge in [0, 0.05) is 16.6 Å². The quantitative estimate of drug-likeness (QED) is 0.495. The van der Waals surface area contributed by atoms with Crippen LogP contribution >= 0.6 is 11.6 Å². The van der Waals surface area contributed by atoms with Crippen LogP contribution in [0.3, 0.4) is 0 Å². The first-order valence-electron chi connectivity index (χ1n) is 8.71. The summed E-state index contributed by atoms with van der Waals surface area (Å²) in [5, 5.41) is 1.22. The molecule has 0 radical (unpaired) electrons. The smallest absolute Gasteiger partial charge is 0.282 e. The minimum atomic E-state index is -0.563. The molecule has 0 saturated carbocycles. The van der Waals surface area contributed by atoms with Crippen molar-refractivity contribution in [3.05, 3.63) is 70.9 Å². The number of aromatic nitrogens is 1. The zero-order valence-corrected chi connectivity index (χ0v) is 15.8. The predicted octanol–water partition coefficient (Wildman–Crippen LogP) is 4.55. The van der Waals surface area contributed by atoms with Gasteiger partial charge in [-0.3, -0.25) is 14.6 Å². The number of fused-ring (bicyclic) bond motifs is 1. The molecule has 2 aromatic carbocycles. The topological polar surface area (TPSA) is 53.5 Å². The summed E-state index contributed by atoms with van der Waals surface area (Å²) in [6.45, 7) is 3.81. The number of hydrogen-bond donors (Lipinski definition) is 0. The fraction of sp³-hybridized carbons (Fsp3) is 0.190. The fourth-order valence-electron chi connectivity index (χ4n) is 3.33. The van der Waals surface area contributed by atoms with Gasteiger partial charge in [-0.2, -0.15) is 0 Å². The van der Waals surface area contributed by atoms with E-state index >= 15 is 0 Å². The molecule has 0 bridgehead atoms. The van der Waals surface area contributed by atoms with Crippen molar-refractivity contribution in [3.63, 3.8) is 0 Å². The number of urea groups is 1. The molecule has 5 nitrogen and oxygen atoms in total. The molecule has 0 unspecified atom stereocenters. The molecule has 0 spiro atoms. The van der Waals surface area contributed by atoms with E-state index in [9.17, 15) is 9.59 Å². The van der Waals surface area contributed by atoms with Gasteiger partial charge in [0.1, 0.15) is 11.2 Å². The average Bonchev–Trinajstić information content (AvgIpc) is 2.86. The molecule has 1 aliphatic heterocycles. The van der Waals surface area contributed by atoms with Crippen molar-refractivity contribution in [2.45, 2.75) is 26.4 Å². The third kappa shape index (κ3) is 3.04. The first-order chi connectivity index (χ1) is 13.0. The first-order valence-corrected chi connectivity index (χ1v) is 9.09. The van der Waals surface area contributed by atoms with Crippen molar-refractivity contribution in [2.24, 2.45) is 0 Å². The highest BCUT2D eigenvalue weighted by Gasteiger charge is 2.43. The molecule has 1 fully saturated rings. The highest BCUT2D eigenvalue weighted by atomic mass is 35.5. The van der Waals surface area contributed by atoms with Crippen LogP contribution in [0.5, 0.6) is 0 Å². The summed E-state index contributed by atoms with van der Waals surface area (Å²) in [6, 6.07) is 16.1. The van der Waals surface area contributed by atoms with E-state index in [0.717, 1.165) is 16.5 Å². The minimum Gasteiger partial charge on any atom is -0.282 e. The van der Waals surface area contributed by atoms with E-state index in [1.807, 2.05) is 61.5 Å². The van der Waals surface area contributed by atoms with E-state index < -0.39 is 6.04 Å². The second kappa shape index (κ2) is 6.67. The number of aryl methyl sites for hydroxylation is 1. The lowest BCUT2D eigenvalue weighted by Gasteiger charge is -2.19. The first kappa shape index (κ1) is 17.5. The fourth-order valence-corrected chi connectivity index (χ4v) is 3.53. The number of carbonyl (C=O) groups is 2. The Bertz CT molecular complexity index is 1050. The van der Waals surface area contributed by atoms with Crippen LogP contribution in [0.1, 0.15) is 18.1 Å². The molecule has 0 aliphatic carbocycles. The Balaban J connectivity index is 1.66. The van der Waals surface area contributed by atoms with Crippen LogP contribution in [-0.2, 0) is 11.3 Å². The number of para-hydroxylation sites is 1. The molecular formula is C21H18ClN3O2. The predicted molar refractivity (Wildman–Crippen MR) is 106 cm³/mol. The van der Waals surface area contributed by atoms with Gasteiger partial charge < -0.3 is 0 Å². The van der Waals surface area contributed by atoms with Crippen LogP contribution in [0.2, 0.25) is 5.15 Å². The maximum Gasteiger partial charge on any atom is 0.332 e. The lowest BCUT2D eigenvalue weighted by atomic mass is 10.1. The summed E-state index contributed by atoms with van der Waals surface area (Å²) in [6.07, 6.45) is 0. The molecule has 1 aliphatic rings. The highest BCUT2D eigenvalue weighted by molar-refractivity contribution is 6.30. The Morgan fingerprint density at radius 2 is 1.78 bits per heavy atom. The number of imide groups is 1. The number of hydrogen-bond acceptors (Lipinski definition) is 3. The SMILES string of the molecule is Cc1ccc(N2C(=O)N(Cc3cc4ccccc4nc3Cl)C(=O)[C@H]2C)cc1. The van der Waals surface area contributed by atoms with Crippen molar-refractivity contribution >= 4 is 40.1 Å². The molecule has 2 heterocycles. The lowest BCUT2D eigenvalue weighted by Crippen LogP contribution is -2.33. The van der Waals surface area contributed by atoms with E-state index in [1.165, 1.54) is 9.80 Å². The van der Waals surface area contributed by atoms with Gasteiger partial charge in [0.15, 0.2) is 0 Å². The van der Waals surface area contributed by atoms with Crippen molar-refractivity contribution < 1.29 is 9.59 Å². The van der Waals surface area contributed by atoms with Gasteiger partial charge >= 0.3 is 6.03 Å². The Morgan fingerprint density at radius 3 is 2.52 bits per heavy atom. The average molecular weight is 380 g/mol. The van der Waals surface area contributed by atoms with E-state index in [0.29, 0.717) is 16.4 Å². The Hall–Kier alpha value is -2.92. The number of anilines is 1. The normalized spacial score (nSPS) is 17.2. The van der Waals surface area contributed by atoms with E-state index in [2.05, 4.69) is 4.98 Å². The van der Waals surface area contributed by atoms with Crippen molar-refractivity contribution in [1.29, 1.82) is 0 Å². The summed E-state index contributed by atoms with van der Waals surface area (Å²) in [5.74, 6) is -0.246. The van der Waals surface area contributed by atoms with Crippen molar-refractivity contribution in [3.8, 4) is 0 Å². The highest BCUT2D eigenvalue weighted by Crippen LogP contribution is 2.29. The molecular weight excluding hydrogens is 362 g/mol. The van der Waals surface area contributed by atoms with Crippen LogP contribution in [0.4, 0.5) is 10.5 Å². The Kier molecular flexibility index (Phi) is 4.32. The monoisotopic (exact) mass is 379 g/mol. The third-order valence-electron chi connectivity index (χ3n) is 4.84. The molecule has 4 rings (SSSR count). The van der Waals surface area contributed by atoms with Crippen LogP contribution in [0, 0.1) is 6.92 Å². The number of carbonyl (C=O) groups excluding carboxylic acids is 2. The zero-order valence-electron chi connectivity index (χ0n) is 15.0. The van der Waals surface area contributed by atoms with Crippen molar-refractivity contribution in [1.82, 2.24) is 9.88 Å².